The molecule has 0 aromatic rings. The van der Waals surface area contributed by atoms with Gasteiger partial charge in [0.15, 0.2) is 0 Å². The zero-order chi connectivity index (χ0) is 6.41. The molecule has 1 N–H and O–H groups in total. The molecular formula is C5H10MgO3. The number of hydrogen-bond donors (Lipinski definition) is 1. The van der Waals surface area contributed by atoms with Crippen LogP contribution < -0.4 is 0 Å². The summed E-state index contributed by atoms with van der Waals surface area (Å²) in [6.07, 6.45) is 1.63. The van der Waals surface area contributed by atoms with Gasteiger partial charge in [0.25, 0.3) is 0 Å². The van der Waals surface area contributed by atoms with Crippen molar-refractivity contribution in [1.82, 2.24) is 0 Å². The molecule has 0 aromatic carbocycles. The summed E-state index contributed by atoms with van der Waals surface area (Å²) in [5.41, 5.74) is 0. The first-order valence-electron chi connectivity index (χ1n) is 2.43. The van der Waals surface area contributed by atoms with Gasteiger partial charge in [-0.2, -0.15) is 0 Å². The lowest BCUT2D eigenvalue weighted by molar-refractivity contribution is -0.137. The molecule has 0 radical (unpaired) electrons. The fourth-order valence-corrected chi connectivity index (χ4v) is 0.337. The molecule has 0 rings (SSSR count). The number of hydrogen-bond acceptors (Lipinski definition) is 2. The van der Waals surface area contributed by atoms with Crippen LogP contribution in [-0.2, 0) is 9.59 Å². The summed E-state index contributed by atoms with van der Waals surface area (Å²) >= 11 is 0. The Kier molecular flexibility index (Phi) is 10.3. The van der Waals surface area contributed by atoms with E-state index in [4.69, 9.17) is 5.11 Å². The van der Waals surface area contributed by atoms with Crippen molar-refractivity contribution in [2.45, 2.75) is 19.3 Å². The smallest absolute Gasteiger partial charge is 0.316 e. The Morgan fingerprint density at radius 3 is 2.44 bits per heavy atom. The van der Waals surface area contributed by atoms with E-state index in [9.17, 15) is 9.59 Å². The molecule has 0 atom stereocenters. The number of carboxylic acids is 1. The Labute approximate surface area is 69.6 Å². The van der Waals surface area contributed by atoms with Gasteiger partial charge in [-0.05, 0) is 6.42 Å². The number of aliphatic carboxylic acids is 1. The predicted molar refractivity (Wildman–Crippen MR) is 36.1 cm³/mol. The van der Waals surface area contributed by atoms with E-state index in [2.05, 4.69) is 0 Å². The first kappa shape index (κ1) is 11.7. The molecule has 0 amide bonds. The summed E-state index contributed by atoms with van der Waals surface area (Å²) < 4.78 is 0. The van der Waals surface area contributed by atoms with Crippen LogP contribution in [0.2, 0.25) is 0 Å². The largest absolute Gasteiger partial charge is 0.481 e. The fourth-order valence-electron chi connectivity index (χ4n) is 0.337. The molecule has 4 heteroatoms. The van der Waals surface area contributed by atoms with Gasteiger partial charge in [-0.15, -0.1) is 0 Å². The quantitative estimate of drug-likeness (QED) is 0.328. The van der Waals surface area contributed by atoms with E-state index in [0.717, 1.165) is 6.29 Å². The lowest BCUT2D eigenvalue weighted by Crippen LogP contribution is -1.93. The molecule has 0 aliphatic carbocycles. The number of carbonyl (C=O) groups excluding carboxylic acids is 1. The molecule has 50 valence electrons. The SMILES string of the molecule is O=CCCCC(=O)O.[MgH2]. The summed E-state index contributed by atoms with van der Waals surface area (Å²) in [7, 11) is 0. The van der Waals surface area contributed by atoms with Crippen LogP contribution in [0.5, 0.6) is 0 Å². The second-order valence-electron chi connectivity index (χ2n) is 1.45. The highest BCUT2D eigenvalue weighted by Gasteiger charge is 1.93. The summed E-state index contributed by atoms with van der Waals surface area (Å²) in [5, 5.41) is 8.02. The van der Waals surface area contributed by atoms with Crippen molar-refractivity contribution in [2.75, 3.05) is 0 Å². The standard InChI is InChI=1S/C5H8O3.Mg.2H/c6-4-2-1-3-5(7)8;;;/h4H,1-3H2,(H,7,8);;;. The maximum atomic E-state index is 9.76. The number of carbonyl (C=O) groups is 2. The van der Waals surface area contributed by atoms with Gasteiger partial charge in [0.1, 0.15) is 6.29 Å². The molecular weight excluding hydrogens is 132 g/mol. The number of rotatable bonds is 4. The first-order chi connectivity index (χ1) is 3.77. The monoisotopic (exact) mass is 142 g/mol. The zero-order valence-electron chi connectivity index (χ0n) is 4.46. The normalized spacial score (nSPS) is 7.56. The maximum absolute atomic E-state index is 9.76. The summed E-state index contributed by atoms with van der Waals surface area (Å²) in [4.78, 5) is 19.4. The van der Waals surface area contributed by atoms with Gasteiger partial charge in [0.05, 0.1) is 0 Å². The Hall–Kier alpha value is -0.0938. The van der Waals surface area contributed by atoms with E-state index in [1.54, 1.807) is 0 Å². The van der Waals surface area contributed by atoms with E-state index in [0.29, 0.717) is 12.8 Å². The van der Waals surface area contributed by atoms with Crippen LogP contribution in [0.1, 0.15) is 19.3 Å². The highest BCUT2D eigenvalue weighted by Crippen LogP contribution is 1.90. The van der Waals surface area contributed by atoms with Gasteiger partial charge < -0.3 is 9.90 Å². The Morgan fingerprint density at radius 1 is 1.56 bits per heavy atom. The lowest BCUT2D eigenvalue weighted by Gasteiger charge is -1.85. The highest BCUT2D eigenvalue weighted by molar-refractivity contribution is 5.75. The summed E-state index contributed by atoms with van der Waals surface area (Å²) in [5.74, 6) is -0.841. The third-order valence-electron chi connectivity index (χ3n) is 0.713. The molecule has 0 aromatic heterocycles. The van der Waals surface area contributed by atoms with E-state index in [-0.39, 0.29) is 29.5 Å². The van der Waals surface area contributed by atoms with Crippen LogP contribution in [0.4, 0.5) is 0 Å². The van der Waals surface area contributed by atoms with Crippen molar-refractivity contribution < 1.29 is 14.7 Å². The van der Waals surface area contributed by atoms with Crippen LogP contribution in [0.3, 0.4) is 0 Å². The van der Waals surface area contributed by atoms with E-state index in [1.807, 2.05) is 0 Å². The molecule has 9 heavy (non-hydrogen) atoms. The number of aldehydes is 1. The van der Waals surface area contributed by atoms with E-state index < -0.39 is 5.97 Å². The van der Waals surface area contributed by atoms with Crippen molar-refractivity contribution in [3.05, 3.63) is 0 Å². The summed E-state index contributed by atoms with van der Waals surface area (Å²) in [6, 6.07) is 0. The van der Waals surface area contributed by atoms with Gasteiger partial charge in [0, 0.05) is 12.8 Å². The van der Waals surface area contributed by atoms with Gasteiger partial charge >= 0.3 is 29.0 Å². The average Bonchev–Trinajstić information content (AvgIpc) is 1.66. The fraction of sp³-hybridized carbons (Fsp3) is 0.600. The van der Waals surface area contributed by atoms with Crippen molar-refractivity contribution in [3.63, 3.8) is 0 Å². The van der Waals surface area contributed by atoms with Gasteiger partial charge in [0.2, 0.25) is 0 Å². The third-order valence-corrected chi connectivity index (χ3v) is 0.713. The molecule has 0 fully saturated rings. The average molecular weight is 142 g/mol. The van der Waals surface area contributed by atoms with Crippen LogP contribution in [0.15, 0.2) is 0 Å². The Balaban J connectivity index is 0. The van der Waals surface area contributed by atoms with Crippen molar-refractivity contribution >= 4 is 35.3 Å². The molecule has 0 spiro atoms. The minimum absolute atomic E-state index is 0. The Bertz CT molecular complexity index is 92.2. The molecule has 0 aliphatic heterocycles. The molecule has 0 saturated carbocycles. The summed E-state index contributed by atoms with van der Waals surface area (Å²) in [6.45, 7) is 0. The zero-order valence-corrected chi connectivity index (χ0v) is 4.46. The highest BCUT2D eigenvalue weighted by atomic mass is 24.3. The van der Waals surface area contributed by atoms with Gasteiger partial charge in [-0.25, -0.2) is 0 Å². The van der Waals surface area contributed by atoms with Crippen LogP contribution in [-0.4, -0.2) is 40.4 Å². The molecule has 0 heterocycles. The second-order valence-corrected chi connectivity index (χ2v) is 1.45. The first-order valence-corrected chi connectivity index (χ1v) is 2.43. The van der Waals surface area contributed by atoms with Crippen molar-refractivity contribution in [2.24, 2.45) is 0 Å². The van der Waals surface area contributed by atoms with Crippen LogP contribution in [0.25, 0.3) is 0 Å². The Morgan fingerprint density at radius 2 is 2.11 bits per heavy atom. The molecule has 0 aliphatic rings. The topological polar surface area (TPSA) is 54.4 Å². The second kappa shape index (κ2) is 7.91. The lowest BCUT2D eigenvalue weighted by atomic mass is 10.2. The predicted octanol–water partition coefficient (Wildman–Crippen LogP) is -0.476. The number of carboxylic acid groups (broad SMARTS) is 1. The van der Waals surface area contributed by atoms with Crippen LogP contribution >= 0.6 is 0 Å². The van der Waals surface area contributed by atoms with Crippen molar-refractivity contribution in [1.29, 1.82) is 0 Å². The molecule has 0 unspecified atom stereocenters. The minimum atomic E-state index is -0.841. The van der Waals surface area contributed by atoms with Crippen molar-refractivity contribution in [3.8, 4) is 0 Å². The van der Waals surface area contributed by atoms with Gasteiger partial charge in [-0.3, -0.25) is 4.79 Å². The number of unbranched alkanes of at least 4 members (excludes halogenated alkanes) is 1. The minimum Gasteiger partial charge on any atom is -0.481 e. The molecule has 0 saturated heterocycles. The maximum Gasteiger partial charge on any atom is 0.316 e. The molecule has 3 nitrogen and oxygen atoms in total. The van der Waals surface area contributed by atoms with Gasteiger partial charge in [-0.1, -0.05) is 0 Å². The van der Waals surface area contributed by atoms with Crippen LogP contribution in [0, 0.1) is 0 Å². The van der Waals surface area contributed by atoms with E-state index in [1.165, 1.54) is 0 Å². The van der Waals surface area contributed by atoms with E-state index >= 15 is 0 Å². The third kappa shape index (κ3) is 11.5. The molecule has 0 bridgehead atoms.